The van der Waals surface area contributed by atoms with Gasteiger partial charge in [-0.2, -0.15) is 0 Å². The van der Waals surface area contributed by atoms with E-state index >= 15 is 0 Å². The second kappa shape index (κ2) is 3.70. The van der Waals surface area contributed by atoms with Crippen molar-refractivity contribution in [1.29, 1.82) is 0 Å². The van der Waals surface area contributed by atoms with Crippen LogP contribution in [-0.4, -0.2) is 17.1 Å². The molecule has 1 amide bonds. The Morgan fingerprint density at radius 1 is 1.53 bits per heavy atom. The largest absolute Gasteiger partial charge is 0.504 e. The average molecular weight is 230 g/mol. The molecule has 0 aliphatic heterocycles. The van der Waals surface area contributed by atoms with Crippen molar-refractivity contribution in [3.63, 3.8) is 0 Å². The van der Waals surface area contributed by atoms with Gasteiger partial charge < -0.3 is 10.4 Å². The molecule has 1 fully saturated rings. The zero-order valence-corrected chi connectivity index (χ0v) is 8.51. The number of hydrogen-bond donors (Lipinski definition) is 2. The van der Waals surface area contributed by atoms with E-state index in [1.54, 1.807) is 0 Å². The monoisotopic (exact) mass is 229 g/mol. The van der Waals surface area contributed by atoms with Crippen LogP contribution in [0.25, 0.3) is 0 Å². The highest BCUT2D eigenvalue weighted by molar-refractivity contribution is 6.32. The van der Waals surface area contributed by atoms with Gasteiger partial charge in [0.15, 0.2) is 11.6 Å². The third-order valence-electron chi connectivity index (χ3n) is 2.19. The van der Waals surface area contributed by atoms with Crippen molar-refractivity contribution in [2.75, 3.05) is 0 Å². The third-order valence-corrected chi connectivity index (χ3v) is 2.48. The van der Waals surface area contributed by atoms with E-state index in [2.05, 4.69) is 5.32 Å². The number of carbonyl (C=O) groups is 1. The molecular formula is C10H9ClFNO2. The van der Waals surface area contributed by atoms with Gasteiger partial charge in [-0.1, -0.05) is 11.6 Å². The number of hydrogen-bond acceptors (Lipinski definition) is 2. The molecule has 3 nitrogen and oxygen atoms in total. The fourth-order valence-electron chi connectivity index (χ4n) is 1.19. The molecule has 1 saturated carbocycles. The van der Waals surface area contributed by atoms with E-state index in [9.17, 15) is 9.18 Å². The number of aromatic hydroxyl groups is 1. The van der Waals surface area contributed by atoms with Crippen LogP contribution in [-0.2, 0) is 0 Å². The summed E-state index contributed by atoms with van der Waals surface area (Å²) < 4.78 is 13.0. The Bertz CT molecular complexity index is 395. The van der Waals surface area contributed by atoms with Gasteiger partial charge in [-0.25, -0.2) is 4.39 Å². The van der Waals surface area contributed by atoms with Gasteiger partial charge in [-0.3, -0.25) is 4.79 Å². The minimum atomic E-state index is -0.886. The third kappa shape index (κ3) is 2.21. The highest BCUT2D eigenvalue weighted by Gasteiger charge is 2.24. The van der Waals surface area contributed by atoms with E-state index < -0.39 is 11.6 Å². The zero-order valence-electron chi connectivity index (χ0n) is 7.76. The lowest BCUT2D eigenvalue weighted by molar-refractivity contribution is 0.0950. The molecule has 0 spiro atoms. The van der Waals surface area contributed by atoms with E-state index in [0.717, 1.165) is 18.9 Å². The Hall–Kier alpha value is -1.29. The Kier molecular flexibility index (Phi) is 2.52. The maximum atomic E-state index is 13.0. The number of amides is 1. The van der Waals surface area contributed by atoms with E-state index in [4.69, 9.17) is 16.7 Å². The van der Waals surface area contributed by atoms with Crippen LogP contribution in [0.3, 0.4) is 0 Å². The Morgan fingerprint density at radius 2 is 2.20 bits per heavy atom. The van der Waals surface area contributed by atoms with Crippen molar-refractivity contribution < 1.29 is 14.3 Å². The van der Waals surface area contributed by atoms with Gasteiger partial charge in [0.1, 0.15) is 0 Å². The van der Waals surface area contributed by atoms with Gasteiger partial charge in [0.25, 0.3) is 5.91 Å². The number of phenols is 1. The molecular weight excluding hydrogens is 221 g/mol. The van der Waals surface area contributed by atoms with Crippen LogP contribution in [0.1, 0.15) is 23.2 Å². The predicted molar refractivity (Wildman–Crippen MR) is 53.6 cm³/mol. The first-order valence-corrected chi connectivity index (χ1v) is 4.94. The minimum absolute atomic E-state index is 0.127. The highest BCUT2D eigenvalue weighted by atomic mass is 35.5. The van der Waals surface area contributed by atoms with Crippen LogP contribution in [0.5, 0.6) is 5.75 Å². The summed E-state index contributed by atoms with van der Waals surface area (Å²) in [5, 5.41) is 11.6. The van der Waals surface area contributed by atoms with Gasteiger partial charge in [0, 0.05) is 11.6 Å². The molecule has 0 unspecified atom stereocenters. The smallest absolute Gasteiger partial charge is 0.251 e. The molecule has 0 aromatic heterocycles. The molecule has 80 valence electrons. The van der Waals surface area contributed by atoms with Crippen LogP contribution in [0.4, 0.5) is 4.39 Å². The standard InChI is InChI=1S/C10H9ClFNO2/c11-7-3-5(4-8(12)9(7)14)10(15)13-6-1-2-6/h3-4,6,14H,1-2H2,(H,13,15). The summed E-state index contributed by atoms with van der Waals surface area (Å²) >= 11 is 5.55. The fraction of sp³-hybridized carbons (Fsp3) is 0.300. The van der Waals surface area contributed by atoms with Gasteiger partial charge in [-0.05, 0) is 25.0 Å². The van der Waals surface area contributed by atoms with Crippen LogP contribution in [0, 0.1) is 5.82 Å². The summed E-state index contributed by atoms with van der Waals surface area (Å²) in [6.45, 7) is 0. The van der Waals surface area contributed by atoms with Crippen molar-refractivity contribution in [2.45, 2.75) is 18.9 Å². The van der Waals surface area contributed by atoms with Gasteiger partial charge >= 0.3 is 0 Å². The summed E-state index contributed by atoms with van der Waals surface area (Å²) in [6.07, 6.45) is 1.92. The van der Waals surface area contributed by atoms with Crippen molar-refractivity contribution in [3.05, 3.63) is 28.5 Å². The van der Waals surface area contributed by atoms with Gasteiger partial charge in [0.2, 0.25) is 0 Å². The first-order valence-electron chi connectivity index (χ1n) is 4.57. The van der Waals surface area contributed by atoms with E-state index in [-0.39, 0.29) is 22.5 Å². The Labute approximate surface area is 90.9 Å². The lowest BCUT2D eigenvalue weighted by atomic mass is 10.2. The molecule has 0 atom stereocenters. The minimum Gasteiger partial charge on any atom is -0.504 e. The van der Waals surface area contributed by atoms with Gasteiger partial charge in [0.05, 0.1) is 5.02 Å². The van der Waals surface area contributed by atoms with Crippen molar-refractivity contribution >= 4 is 17.5 Å². The van der Waals surface area contributed by atoms with Crippen molar-refractivity contribution in [3.8, 4) is 5.75 Å². The topological polar surface area (TPSA) is 49.3 Å². The molecule has 15 heavy (non-hydrogen) atoms. The van der Waals surface area contributed by atoms with Crippen LogP contribution in [0.15, 0.2) is 12.1 Å². The molecule has 0 bridgehead atoms. The van der Waals surface area contributed by atoms with Crippen LogP contribution >= 0.6 is 11.6 Å². The molecule has 2 rings (SSSR count). The SMILES string of the molecule is O=C(NC1CC1)c1cc(F)c(O)c(Cl)c1. The molecule has 0 heterocycles. The first-order chi connectivity index (χ1) is 7.08. The number of halogens is 2. The van der Waals surface area contributed by atoms with Gasteiger partial charge in [-0.15, -0.1) is 0 Å². The molecule has 5 heteroatoms. The maximum absolute atomic E-state index is 13.0. The number of benzene rings is 1. The second-order valence-electron chi connectivity index (χ2n) is 3.54. The lowest BCUT2D eigenvalue weighted by Crippen LogP contribution is -2.25. The molecule has 1 aliphatic carbocycles. The molecule has 2 N–H and O–H groups in total. The summed E-state index contributed by atoms with van der Waals surface area (Å²) in [6, 6.07) is 2.42. The van der Waals surface area contributed by atoms with E-state index in [1.165, 1.54) is 6.07 Å². The summed E-state index contributed by atoms with van der Waals surface area (Å²) in [4.78, 5) is 11.5. The summed E-state index contributed by atoms with van der Waals surface area (Å²) in [5.74, 6) is -1.87. The number of nitrogens with one attached hydrogen (secondary N) is 1. The number of phenolic OH excluding ortho intramolecular Hbond substituents is 1. The fourth-order valence-corrected chi connectivity index (χ4v) is 1.40. The molecule has 1 aromatic rings. The number of rotatable bonds is 2. The summed E-state index contributed by atoms with van der Waals surface area (Å²) in [5.41, 5.74) is 0.127. The average Bonchev–Trinajstić information content (AvgIpc) is 2.97. The highest BCUT2D eigenvalue weighted by Crippen LogP contribution is 2.28. The quantitative estimate of drug-likeness (QED) is 0.816. The Morgan fingerprint density at radius 3 is 2.73 bits per heavy atom. The van der Waals surface area contributed by atoms with Crippen molar-refractivity contribution in [1.82, 2.24) is 5.32 Å². The first kappa shape index (κ1) is 10.2. The van der Waals surface area contributed by atoms with Crippen LogP contribution in [0.2, 0.25) is 5.02 Å². The number of carbonyl (C=O) groups excluding carboxylic acids is 1. The van der Waals surface area contributed by atoms with Crippen molar-refractivity contribution in [2.24, 2.45) is 0 Å². The van der Waals surface area contributed by atoms with E-state index in [1.807, 2.05) is 0 Å². The molecule has 1 aromatic carbocycles. The maximum Gasteiger partial charge on any atom is 0.251 e. The molecule has 0 radical (unpaired) electrons. The van der Waals surface area contributed by atoms with Crippen LogP contribution < -0.4 is 5.32 Å². The Balaban J connectivity index is 2.23. The lowest BCUT2D eigenvalue weighted by Gasteiger charge is -2.05. The predicted octanol–water partition coefficient (Wildman–Crippen LogP) is 2.08. The summed E-state index contributed by atoms with van der Waals surface area (Å²) in [7, 11) is 0. The zero-order chi connectivity index (χ0) is 11.0. The van der Waals surface area contributed by atoms with E-state index in [0.29, 0.717) is 0 Å². The molecule has 0 saturated heterocycles. The second-order valence-corrected chi connectivity index (χ2v) is 3.94. The normalized spacial score (nSPS) is 15.1. The molecule has 1 aliphatic rings.